The van der Waals surface area contributed by atoms with Crippen molar-refractivity contribution in [3.63, 3.8) is 0 Å². The number of rotatable bonds is 4. The summed E-state index contributed by atoms with van der Waals surface area (Å²) in [5.74, 6) is 0.350. The van der Waals surface area contributed by atoms with Crippen molar-refractivity contribution in [2.45, 2.75) is 18.0 Å². The predicted octanol–water partition coefficient (Wildman–Crippen LogP) is 6.23. The smallest absolute Gasteiger partial charge is 0.0409 e. The van der Waals surface area contributed by atoms with E-state index in [-0.39, 0.29) is 29.1 Å². The number of hydrogen-bond acceptors (Lipinski definition) is 0. The number of hydrogen-bond donors (Lipinski definition) is 0. The molecule has 0 heterocycles. The van der Waals surface area contributed by atoms with Gasteiger partial charge in [-0.3, -0.25) is 0 Å². The quantitative estimate of drug-likeness (QED) is 0.339. The first-order valence-corrected chi connectivity index (χ1v) is 8.25. The number of halogens is 1. The minimum absolute atomic E-state index is 0. The van der Waals surface area contributed by atoms with E-state index in [1.54, 1.807) is 0 Å². The summed E-state index contributed by atoms with van der Waals surface area (Å²) in [5, 5.41) is -0.135. The largest absolute Gasteiger partial charge is 0.121 e. The summed E-state index contributed by atoms with van der Waals surface area (Å²) in [7, 11) is 3.13. The van der Waals surface area contributed by atoms with Crippen molar-refractivity contribution >= 4 is 33.2 Å². The molecule has 0 radical (unpaired) electrons. The third kappa shape index (κ3) is 3.67. The monoisotopic (exact) mass is 432 g/mol. The standard InChI is InChI=1S/C21H21P.HI/c1-17(18-11-5-2-6-12-18)21(22,19-13-7-3-8-14-19)20-15-9-4-10-16-20;/h2-17H,22H2,1H3;1H. The van der Waals surface area contributed by atoms with Crippen molar-refractivity contribution in [1.29, 1.82) is 0 Å². The topological polar surface area (TPSA) is 0 Å². The molecule has 3 aromatic carbocycles. The van der Waals surface area contributed by atoms with Crippen LogP contribution in [0.1, 0.15) is 29.5 Å². The van der Waals surface area contributed by atoms with Gasteiger partial charge in [0.2, 0.25) is 0 Å². The highest BCUT2D eigenvalue weighted by atomic mass is 127. The van der Waals surface area contributed by atoms with Crippen LogP contribution in [0.4, 0.5) is 0 Å². The molecule has 0 amide bonds. The molecule has 0 aliphatic rings. The Morgan fingerprint density at radius 2 is 1.00 bits per heavy atom. The Bertz CT molecular complexity index is 671. The molecule has 0 N–H and O–H groups in total. The van der Waals surface area contributed by atoms with E-state index >= 15 is 0 Å². The van der Waals surface area contributed by atoms with E-state index in [0.29, 0.717) is 5.92 Å². The molecule has 2 unspecified atom stereocenters. The molecule has 118 valence electrons. The van der Waals surface area contributed by atoms with Gasteiger partial charge in [0.25, 0.3) is 0 Å². The van der Waals surface area contributed by atoms with Gasteiger partial charge in [-0.25, -0.2) is 0 Å². The molecule has 0 spiro atoms. The Morgan fingerprint density at radius 3 is 1.39 bits per heavy atom. The Balaban J connectivity index is 0.00000192. The lowest BCUT2D eigenvalue weighted by molar-refractivity contribution is 0.603. The number of benzene rings is 3. The van der Waals surface area contributed by atoms with E-state index in [1.807, 2.05) is 0 Å². The highest BCUT2D eigenvalue weighted by Gasteiger charge is 2.35. The van der Waals surface area contributed by atoms with E-state index in [0.717, 1.165) is 0 Å². The fourth-order valence-electron chi connectivity index (χ4n) is 3.10. The van der Waals surface area contributed by atoms with Gasteiger partial charge in [-0.2, -0.15) is 0 Å². The normalized spacial score (nSPS) is 12.3. The SMILES string of the molecule is CC(c1ccccc1)C(P)(c1ccccc1)c1ccccc1.I. The van der Waals surface area contributed by atoms with Crippen LogP contribution < -0.4 is 0 Å². The molecule has 0 fully saturated rings. The molecule has 2 heteroatoms. The Morgan fingerprint density at radius 1 is 0.652 bits per heavy atom. The molecule has 0 aromatic heterocycles. The molecule has 0 bridgehead atoms. The van der Waals surface area contributed by atoms with Crippen LogP contribution in [0, 0.1) is 0 Å². The molecular weight excluding hydrogens is 410 g/mol. The Hall–Kier alpha value is -1.18. The van der Waals surface area contributed by atoms with Gasteiger partial charge in [-0.1, -0.05) is 97.9 Å². The summed E-state index contributed by atoms with van der Waals surface area (Å²) in [5.41, 5.74) is 4.00. The molecule has 0 aliphatic heterocycles. The van der Waals surface area contributed by atoms with Gasteiger partial charge in [0.1, 0.15) is 0 Å². The van der Waals surface area contributed by atoms with Crippen molar-refractivity contribution in [3.8, 4) is 0 Å². The predicted molar refractivity (Wildman–Crippen MR) is 114 cm³/mol. The van der Waals surface area contributed by atoms with Crippen LogP contribution in [-0.4, -0.2) is 0 Å². The summed E-state index contributed by atoms with van der Waals surface area (Å²) in [6.45, 7) is 2.31. The highest BCUT2D eigenvalue weighted by Crippen LogP contribution is 2.49. The summed E-state index contributed by atoms with van der Waals surface area (Å²) in [6.07, 6.45) is 0. The zero-order valence-electron chi connectivity index (χ0n) is 13.2. The van der Waals surface area contributed by atoms with Gasteiger partial charge in [0.05, 0.1) is 0 Å². The Kier molecular flexibility index (Phi) is 6.38. The molecule has 3 aromatic rings. The molecule has 23 heavy (non-hydrogen) atoms. The molecule has 2 atom stereocenters. The first-order valence-electron chi connectivity index (χ1n) is 7.68. The van der Waals surface area contributed by atoms with Gasteiger partial charge in [0.15, 0.2) is 0 Å². The molecule has 0 aliphatic carbocycles. The van der Waals surface area contributed by atoms with Crippen molar-refractivity contribution < 1.29 is 0 Å². The molecule has 0 saturated heterocycles. The second-order valence-corrected chi connectivity index (χ2v) is 6.64. The van der Waals surface area contributed by atoms with Crippen LogP contribution in [0.2, 0.25) is 0 Å². The van der Waals surface area contributed by atoms with Crippen LogP contribution in [0.15, 0.2) is 91.0 Å². The van der Waals surface area contributed by atoms with Crippen molar-refractivity contribution in [2.24, 2.45) is 0 Å². The van der Waals surface area contributed by atoms with Gasteiger partial charge in [-0.15, -0.1) is 33.2 Å². The van der Waals surface area contributed by atoms with Gasteiger partial charge < -0.3 is 0 Å². The summed E-state index contributed by atoms with van der Waals surface area (Å²) >= 11 is 0. The van der Waals surface area contributed by atoms with Crippen LogP contribution in [0.3, 0.4) is 0 Å². The second-order valence-electron chi connectivity index (χ2n) is 5.73. The van der Waals surface area contributed by atoms with Crippen molar-refractivity contribution in [2.75, 3.05) is 0 Å². The maximum absolute atomic E-state index is 3.13. The minimum atomic E-state index is -0.135. The van der Waals surface area contributed by atoms with Crippen LogP contribution in [0.5, 0.6) is 0 Å². The molecular formula is C21H22IP. The third-order valence-electron chi connectivity index (χ3n) is 4.49. The lowest BCUT2D eigenvalue weighted by Gasteiger charge is -2.37. The average Bonchev–Trinajstić information content (AvgIpc) is 2.62. The summed E-state index contributed by atoms with van der Waals surface area (Å²) in [6, 6.07) is 32.3. The van der Waals surface area contributed by atoms with E-state index < -0.39 is 0 Å². The first-order chi connectivity index (χ1) is 10.7. The Labute approximate surface area is 158 Å². The lowest BCUT2D eigenvalue weighted by atomic mass is 9.77. The summed E-state index contributed by atoms with van der Waals surface area (Å²) < 4.78 is 0. The van der Waals surface area contributed by atoms with Crippen molar-refractivity contribution in [1.82, 2.24) is 0 Å². The highest BCUT2D eigenvalue weighted by molar-refractivity contribution is 14.0. The van der Waals surface area contributed by atoms with Gasteiger partial charge in [0, 0.05) is 5.16 Å². The van der Waals surface area contributed by atoms with Gasteiger partial charge >= 0.3 is 0 Å². The van der Waals surface area contributed by atoms with E-state index in [2.05, 4.69) is 107 Å². The zero-order chi connectivity index (χ0) is 15.4. The molecule has 3 rings (SSSR count). The maximum atomic E-state index is 3.13. The van der Waals surface area contributed by atoms with Gasteiger partial charge in [-0.05, 0) is 22.6 Å². The fourth-order valence-corrected chi connectivity index (χ4v) is 3.68. The fraction of sp³-hybridized carbons (Fsp3) is 0.143. The summed E-state index contributed by atoms with van der Waals surface area (Å²) in [4.78, 5) is 0. The van der Waals surface area contributed by atoms with Crippen molar-refractivity contribution in [3.05, 3.63) is 108 Å². The van der Waals surface area contributed by atoms with Crippen LogP contribution in [0.25, 0.3) is 0 Å². The van der Waals surface area contributed by atoms with E-state index in [4.69, 9.17) is 0 Å². The average molecular weight is 432 g/mol. The first kappa shape index (κ1) is 18.2. The maximum Gasteiger partial charge on any atom is 0.0409 e. The van der Waals surface area contributed by atoms with E-state index in [9.17, 15) is 0 Å². The third-order valence-corrected chi connectivity index (χ3v) is 5.65. The zero-order valence-corrected chi connectivity index (χ0v) is 16.7. The van der Waals surface area contributed by atoms with Crippen LogP contribution >= 0.6 is 33.2 Å². The molecule has 0 saturated carbocycles. The minimum Gasteiger partial charge on any atom is -0.121 e. The van der Waals surface area contributed by atoms with Crippen LogP contribution in [-0.2, 0) is 5.16 Å². The molecule has 0 nitrogen and oxygen atoms in total. The second kappa shape index (κ2) is 8.08. The van der Waals surface area contributed by atoms with E-state index in [1.165, 1.54) is 16.7 Å². The lowest BCUT2D eigenvalue weighted by Crippen LogP contribution is -2.27.